The quantitative estimate of drug-likeness (QED) is 0.178. The topological polar surface area (TPSA) is 25.8 Å². The van der Waals surface area contributed by atoms with Crippen LogP contribution < -0.4 is 0 Å². The Balaban J connectivity index is 0.966. The van der Waals surface area contributed by atoms with Crippen molar-refractivity contribution in [1.82, 2.24) is 9.97 Å². The average Bonchev–Trinajstić information content (AvgIpc) is 3.86. The molecule has 12 rings (SSSR count). The second-order valence-corrected chi connectivity index (χ2v) is 18.3. The fourth-order valence-corrected chi connectivity index (χ4v) is 12.0. The summed E-state index contributed by atoms with van der Waals surface area (Å²) in [5.74, 6) is 0.755. The third-order valence-corrected chi connectivity index (χ3v) is 14.9. The molecule has 0 amide bonds. The molecule has 3 heteroatoms. The zero-order valence-corrected chi connectivity index (χ0v) is 33.7. The normalized spacial score (nSPS) is 15.7. The first-order valence-corrected chi connectivity index (χ1v) is 21.7. The Morgan fingerprint density at radius 3 is 1.88 bits per heavy atom. The summed E-state index contributed by atoms with van der Waals surface area (Å²) in [4.78, 5) is 10.4. The lowest BCUT2D eigenvalue weighted by atomic mass is 9.67. The highest BCUT2D eigenvalue weighted by atomic mass is 32.1. The predicted molar refractivity (Wildman–Crippen MR) is 244 cm³/mol. The molecule has 1 saturated carbocycles. The van der Waals surface area contributed by atoms with Crippen molar-refractivity contribution in [2.24, 2.45) is 0 Å². The highest BCUT2D eigenvalue weighted by Gasteiger charge is 2.46. The monoisotopic (exact) mass is 762 g/mol. The zero-order valence-electron chi connectivity index (χ0n) is 32.8. The van der Waals surface area contributed by atoms with E-state index >= 15 is 0 Å². The lowest BCUT2D eigenvalue weighted by molar-refractivity contribution is 0.353. The van der Waals surface area contributed by atoms with Crippen LogP contribution in [0.2, 0.25) is 0 Å². The van der Waals surface area contributed by atoms with Crippen molar-refractivity contribution in [3.8, 4) is 67.2 Å². The van der Waals surface area contributed by atoms with Crippen molar-refractivity contribution in [3.05, 3.63) is 180 Å². The van der Waals surface area contributed by atoms with E-state index in [0.717, 1.165) is 32.9 Å². The van der Waals surface area contributed by atoms with E-state index in [9.17, 15) is 0 Å². The molecule has 0 aliphatic heterocycles. The number of hydrogen-bond donors (Lipinski definition) is 0. The van der Waals surface area contributed by atoms with Gasteiger partial charge < -0.3 is 0 Å². The lowest BCUT2D eigenvalue weighted by Gasteiger charge is -2.36. The SMILES string of the molecule is CC1(C)c2ccccc2-c2cc3c(cc21)-c1cc(-c2cccc(-c4cccc(-c5nc(-c6ccccc6)nc6c5sc5ccccc56)c4)c2)ccc1C31CCCCC1. The molecule has 2 nitrogen and oxygen atoms in total. The van der Waals surface area contributed by atoms with Crippen LogP contribution in [-0.2, 0) is 10.8 Å². The third kappa shape index (κ3) is 4.96. The van der Waals surface area contributed by atoms with E-state index in [1.165, 1.54) is 103 Å². The Kier molecular flexibility index (Phi) is 7.41. The maximum atomic E-state index is 5.27. The van der Waals surface area contributed by atoms with Crippen LogP contribution in [0.1, 0.15) is 68.2 Å². The van der Waals surface area contributed by atoms with E-state index in [1.54, 1.807) is 16.9 Å². The largest absolute Gasteiger partial charge is 0.226 e. The number of aromatic nitrogens is 2. The summed E-state index contributed by atoms with van der Waals surface area (Å²) in [5.41, 5.74) is 20.8. The standard InChI is InChI=1S/C55H42N2S/c1-54(2)45-23-9-7-21-40(45)43-33-48-44(32-47(43)54)42-31-38(25-26-46(42)55(48)27-11-4-12-28-55)36-18-13-17-35(29-36)37-19-14-20-39(30-37)50-52-51(41-22-8-10-24-49(41)58-52)57-53(56-50)34-15-5-3-6-16-34/h3,5-10,13-26,29-33H,4,11-12,27-28H2,1-2H3. The average molecular weight is 763 g/mol. The molecule has 1 spiro atoms. The Morgan fingerprint density at radius 1 is 0.448 bits per heavy atom. The van der Waals surface area contributed by atoms with Gasteiger partial charge in [0.05, 0.1) is 15.9 Å². The Hall–Kier alpha value is -6.16. The fourth-order valence-electron chi connectivity index (χ4n) is 10.8. The van der Waals surface area contributed by atoms with Gasteiger partial charge in [-0.25, -0.2) is 9.97 Å². The van der Waals surface area contributed by atoms with Crippen LogP contribution in [-0.4, -0.2) is 9.97 Å². The van der Waals surface area contributed by atoms with Gasteiger partial charge in [0.1, 0.15) is 0 Å². The predicted octanol–water partition coefficient (Wildman–Crippen LogP) is 15.0. The van der Waals surface area contributed by atoms with Crippen LogP contribution in [0.15, 0.2) is 158 Å². The number of nitrogens with zero attached hydrogens (tertiary/aromatic N) is 2. The van der Waals surface area contributed by atoms with Crippen molar-refractivity contribution >= 4 is 31.6 Å². The summed E-state index contributed by atoms with van der Waals surface area (Å²) in [6.07, 6.45) is 6.37. The molecule has 1 fully saturated rings. The Morgan fingerprint density at radius 2 is 1.07 bits per heavy atom. The van der Waals surface area contributed by atoms with Gasteiger partial charge in [-0.05, 0) is 116 Å². The third-order valence-electron chi connectivity index (χ3n) is 13.7. The molecule has 0 bridgehead atoms. The summed E-state index contributed by atoms with van der Waals surface area (Å²) >= 11 is 1.78. The van der Waals surface area contributed by atoms with Gasteiger partial charge in [-0.2, -0.15) is 0 Å². The molecule has 3 aliphatic carbocycles. The van der Waals surface area contributed by atoms with E-state index in [4.69, 9.17) is 9.97 Å². The highest BCUT2D eigenvalue weighted by molar-refractivity contribution is 7.26. The van der Waals surface area contributed by atoms with Gasteiger partial charge in [-0.15, -0.1) is 11.3 Å². The summed E-state index contributed by atoms with van der Waals surface area (Å²) < 4.78 is 2.35. The van der Waals surface area contributed by atoms with Gasteiger partial charge >= 0.3 is 0 Å². The number of thiophene rings is 1. The second-order valence-electron chi connectivity index (χ2n) is 17.2. The van der Waals surface area contributed by atoms with Crippen molar-refractivity contribution in [2.75, 3.05) is 0 Å². The molecular formula is C55H42N2S. The van der Waals surface area contributed by atoms with Gasteiger partial charge in [-0.1, -0.05) is 154 Å². The number of benzene rings is 7. The van der Waals surface area contributed by atoms with Gasteiger partial charge in [0, 0.05) is 32.0 Å². The van der Waals surface area contributed by atoms with E-state index in [1.807, 2.05) is 6.07 Å². The molecule has 0 saturated heterocycles. The van der Waals surface area contributed by atoms with E-state index in [2.05, 4.69) is 166 Å². The molecule has 2 heterocycles. The molecule has 7 aromatic carbocycles. The molecule has 2 aromatic heterocycles. The Bertz CT molecular complexity index is 3130. The summed E-state index contributed by atoms with van der Waals surface area (Å²) in [5, 5.41) is 1.18. The van der Waals surface area contributed by atoms with Crippen LogP contribution in [0.4, 0.5) is 0 Å². The summed E-state index contributed by atoms with van der Waals surface area (Å²) in [6.45, 7) is 4.82. The van der Waals surface area contributed by atoms with E-state index < -0.39 is 0 Å². The molecule has 0 unspecified atom stereocenters. The van der Waals surface area contributed by atoms with Crippen LogP contribution in [0, 0.1) is 0 Å². The summed E-state index contributed by atoms with van der Waals surface area (Å²) in [7, 11) is 0. The Labute approximate surface area is 343 Å². The highest BCUT2D eigenvalue weighted by Crippen LogP contribution is 2.60. The second kappa shape index (κ2) is 12.7. The number of rotatable bonds is 4. The molecule has 9 aromatic rings. The molecule has 278 valence electrons. The number of hydrogen-bond acceptors (Lipinski definition) is 3. The smallest absolute Gasteiger partial charge is 0.160 e. The van der Waals surface area contributed by atoms with Crippen molar-refractivity contribution < 1.29 is 0 Å². The number of fused-ring (bicyclic) bond motifs is 11. The van der Waals surface area contributed by atoms with Crippen molar-refractivity contribution in [3.63, 3.8) is 0 Å². The van der Waals surface area contributed by atoms with Crippen molar-refractivity contribution in [1.29, 1.82) is 0 Å². The van der Waals surface area contributed by atoms with Gasteiger partial charge in [0.15, 0.2) is 5.82 Å². The molecule has 58 heavy (non-hydrogen) atoms. The first-order valence-electron chi connectivity index (χ1n) is 20.9. The van der Waals surface area contributed by atoms with Gasteiger partial charge in [-0.3, -0.25) is 0 Å². The van der Waals surface area contributed by atoms with E-state index in [0.29, 0.717) is 0 Å². The van der Waals surface area contributed by atoms with Gasteiger partial charge in [0.2, 0.25) is 0 Å². The molecule has 0 N–H and O–H groups in total. The first kappa shape index (κ1) is 33.9. The maximum absolute atomic E-state index is 5.27. The van der Waals surface area contributed by atoms with Crippen LogP contribution >= 0.6 is 11.3 Å². The van der Waals surface area contributed by atoms with Crippen LogP contribution in [0.25, 0.3) is 87.5 Å². The van der Waals surface area contributed by atoms with Crippen LogP contribution in [0.3, 0.4) is 0 Å². The minimum atomic E-state index is -0.0262. The first-order chi connectivity index (χ1) is 28.5. The minimum Gasteiger partial charge on any atom is -0.226 e. The summed E-state index contributed by atoms with van der Waals surface area (Å²) in [6, 6.07) is 58.7. The molecule has 3 aliphatic rings. The zero-order chi connectivity index (χ0) is 38.6. The fraction of sp³-hybridized carbons (Fsp3) is 0.164. The minimum absolute atomic E-state index is 0.0262. The lowest BCUT2D eigenvalue weighted by Crippen LogP contribution is -2.28. The molecular weight excluding hydrogens is 721 g/mol. The maximum Gasteiger partial charge on any atom is 0.160 e. The van der Waals surface area contributed by atoms with Crippen molar-refractivity contribution in [2.45, 2.75) is 56.8 Å². The van der Waals surface area contributed by atoms with Gasteiger partial charge in [0.25, 0.3) is 0 Å². The molecule has 0 radical (unpaired) electrons. The van der Waals surface area contributed by atoms with E-state index in [-0.39, 0.29) is 10.8 Å². The molecule has 0 atom stereocenters. The van der Waals surface area contributed by atoms with Crippen LogP contribution in [0.5, 0.6) is 0 Å².